The summed E-state index contributed by atoms with van der Waals surface area (Å²) in [5.74, 6) is -2.16. The zero-order valence-electron chi connectivity index (χ0n) is 16.9. The van der Waals surface area contributed by atoms with Crippen LogP contribution in [0, 0.1) is 10.1 Å². The smallest absolute Gasteiger partial charge is 0.475 e. The van der Waals surface area contributed by atoms with Crippen molar-refractivity contribution in [3.05, 3.63) is 38.9 Å². The van der Waals surface area contributed by atoms with Gasteiger partial charge in [-0.3, -0.25) is 4.79 Å². The van der Waals surface area contributed by atoms with Crippen LogP contribution in [0.15, 0.2) is 17.7 Å². The summed E-state index contributed by atoms with van der Waals surface area (Å²) >= 11 is 0. The summed E-state index contributed by atoms with van der Waals surface area (Å²) in [6.45, 7) is 0.459. The lowest BCUT2D eigenvalue weighted by atomic mass is 9.97. The Hall–Kier alpha value is -3.23. The van der Waals surface area contributed by atoms with Gasteiger partial charge in [0.05, 0.1) is 18.8 Å². The van der Waals surface area contributed by atoms with Crippen molar-refractivity contribution < 1.29 is 55.3 Å². The molecule has 15 heteroatoms. The van der Waals surface area contributed by atoms with Crippen LogP contribution in [0.25, 0.3) is 6.08 Å². The van der Waals surface area contributed by atoms with Gasteiger partial charge in [0.2, 0.25) is 6.10 Å². The third-order valence-corrected chi connectivity index (χ3v) is 4.13. The third-order valence-electron chi connectivity index (χ3n) is 4.13. The Morgan fingerprint density at radius 3 is 2.45 bits per heavy atom. The van der Waals surface area contributed by atoms with E-state index in [0.29, 0.717) is 0 Å². The first-order chi connectivity index (χ1) is 15.3. The second-order valence-corrected chi connectivity index (χ2v) is 6.47. The van der Waals surface area contributed by atoms with Crippen LogP contribution in [0.4, 0.5) is 26.3 Å². The van der Waals surface area contributed by atoms with Gasteiger partial charge < -0.3 is 24.4 Å². The van der Waals surface area contributed by atoms with Gasteiger partial charge in [0.1, 0.15) is 18.1 Å². The van der Waals surface area contributed by atoms with Gasteiger partial charge in [0.15, 0.2) is 0 Å². The van der Waals surface area contributed by atoms with Gasteiger partial charge in [-0.25, -0.2) is 0 Å². The second kappa shape index (κ2) is 10.6. The highest BCUT2D eigenvalue weighted by molar-refractivity contribution is 6.00. The maximum atomic E-state index is 13.6. The standard InChI is InChI=1S/C18H18F6N2O7/c1-2-10-7-12(33-18(22,23)24)8-11-9-13(15(17(19,20)21)32-14(10)11)16(27)25-3-4-30-5-6-31-26(28)29/h7-9,15H,2-6H2,1H3,(H,25,27)/t15-/m0/s1. The number of hydrogen-bond acceptors (Lipinski definition) is 7. The van der Waals surface area contributed by atoms with Crippen molar-refractivity contribution in [3.63, 3.8) is 0 Å². The number of nitrogens with one attached hydrogen (secondary N) is 1. The van der Waals surface area contributed by atoms with Crippen molar-refractivity contribution >= 4 is 12.0 Å². The topological polar surface area (TPSA) is 109 Å². The van der Waals surface area contributed by atoms with Crippen LogP contribution in [-0.2, 0) is 20.8 Å². The van der Waals surface area contributed by atoms with E-state index in [1.807, 2.05) is 0 Å². The van der Waals surface area contributed by atoms with Gasteiger partial charge in [0, 0.05) is 12.1 Å². The summed E-state index contributed by atoms with van der Waals surface area (Å²) in [6, 6.07) is 1.74. The van der Waals surface area contributed by atoms with Crippen molar-refractivity contribution in [1.82, 2.24) is 5.32 Å². The van der Waals surface area contributed by atoms with Crippen molar-refractivity contribution in [2.45, 2.75) is 32.0 Å². The maximum absolute atomic E-state index is 13.6. The summed E-state index contributed by atoms with van der Waals surface area (Å²) in [5.41, 5.74) is -1.03. The molecule has 1 N–H and O–H groups in total. The summed E-state index contributed by atoms with van der Waals surface area (Å²) < 4.78 is 92.2. The SMILES string of the molecule is CCc1cc(OC(F)(F)F)cc2c1O[C@H](C(F)(F)F)C(C(=O)NCCOCCO[N+](=O)[O-])=C2. The first kappa shape index (κ1) is 26.0. The minimum atomic E-state index is -5.03. The average molecular weight is 488 g/mol. The van der Waals surface area contributed by atoms with Crippen LogP contribution in [0.5, 0.6) is 11.5 Å². The molecule has 1 aromatic carbocycles. The predicted molar refractivity (Wildman–Crippen MR) is 97.7 cm³/mol. The van der Waals surface area contributed by atoms with Crippen LogP contribution in [0.1, 0.15) is 18.1 Å². The van der Waals surface area contributed by atoms with Gasteiger partial charge in [0.25, 0.3) is 11.0 Å². The Morgan fingerprint density at radius 1 is 1.18 bits per heavy atom. The molecule has 0 saturated carbocycles. The Morgan fingerprint density at radius 2 is 1.88 bits per heavy atom. The molecule has 9 nitrogen and oxygen atoms in total. The zero-order chi connectivity index (χ0) is 24.8. The molecule has 0 fully saturated rings. The molecule has 184 valence electrons. The van der Waals surface area contributed by atoms with E-state index in [-0.39, 0.29) is 49.7 Å². The van der Waals surface area contributed by atoms with Gasteiger partial charge in [-0.05, 0) is 30.2 Å². The number of benzene rings is 1. The van der Waals surface area contributed by atoms with E-state index in [4.69, 9.17) is 9.47 Å². The summed E-state index contributed by atoms with van der Waals surface area (Å²) in [5, 5.41) is 11.1. The number of alkyl halides is 6. The first-order valence-corrected chi connectivity index (χ1v) is 9.32. The molecule has 2 rings (SSSR count). The Balaban J connectivity index is 2.20. The number of aryl methyl sites for hydroxylation is 1. The Labute approximate surface area is 182 Å². The normalized spacial score (nSPS) is 15.7. The van der Waals surface area contributed by atoms with E-state index in [1.165, 1.54) is 6.92 Å². The largest absolute Gasteiger partial charge is 0.573 e. The van der Waals surface area contributed by atoms with Gasteiger partial charge in [-0.1, -0.05) is 6.92 Å². The molecular formula is C18H18F6N2O7. The quantitative estimate of drug-likeness (QED) is 0.233. The summed E-state index contributed by atoms with van der Waals surface area (Å²) in [6.07, 6.45) is -11.9. The number of ether oxygens (including phenoxy) is 3. The highest BCUT2D eigenvalue weighted by atomic mass is 19.4. The number of nitrogens with zero attached hydrogens (tertiary/aromatic N) is 1. The van der Waals surface area contributed by atoms with Crippen LogP contribution in [0.3, 0.4) is 0 Å². The molecule has 1 aliphatic rings. The lowest BCUT2D eigenvalue weighted by molar-refractivity contribution is -0.758. The molecule has 0 unspecified atom stereocenters. The fraction of sp³-hybridized carbons (Fsp3) is 0.500. The summed E-state index contributed by atoms with van der Waals surface area (Å²) in [7, 11) is 0. The zero-order valence-corrected chi connectivity index (χ0v) is 16.9. The Bertz CT molecular complexity index is 901. The monoisotopic (exact) mass is 488 g/mol. The predicted octanol–water partition coefficient (Wildman–Crippen LogP) is 3.20. The number of amides is 1. The van der Waals surface area contributed by atoms with Gasteiger partial charge in [-0.2, -0.15) is 13.2 Å². The van der Waals surface area contributed by atoms with Gasteiger partial charge in [-0.15, -0.1) is 23.3 Å². The highest BCUT2D eigenvalue weighted by Crippen LogP contribution is 2.41. The van der Waals surface area contributed by atoms with E-state index in [2.05, 4.69) is 14.9 Å². The average Bonchev–Trinajstić information content (AvgIpc) is 2.69. The van der Waals surface area contributed by atoms with E-state index >= 15 is 0 Å². The molecule has 33 heavy (non-hydrogen) atoms. The molecule has 1 atom stereocenters. The Kier molecular flexibility index (Phi) is 8.35. The van der Waals surface area contributed by atoms with Crippen molar-refractivity contribution in [3.8, 4) is 11.5 Å². The molecule has 0 saturated heterocycles. The molecule has 1 aliphatic heterocycles. The number of halogens is 6. The fourth-order valence-corrected chi connectivity index (χ4v) is 2.85. The van der Waals surface area contributed by atoms with E-state index in [0.717, 1.165) is 18.2 Å². The number of carbonyl (C=O) groups excluding carboxylic acids is 1. The highest BCUT2D eigenvalue weighted by Gasteiger charge is 2.48. The molecule has 0 bridgehead atoms. The lowest BCUT2D eigenvalue weighted by Gasteiger charge is -2.30. The third kappa shape index (κ3) is 7.69. The molecular weight excluding hydrogens is 470 g/mol. The molecule has 0 radical (unpaired) electrons. The van der Waals surface area contributed by atoms with E-state index in [1.54, 1.807) is 0 Å². The first-order valence-electron chi connectivity index (χ1n) is 9.32. The number of carbonyl (C=O) groups is 1. The number of hydrogen-bond donors (Lipinski definition) is 1. The van der Waals surface area contributed by atoms with E-state index in [9.17, 15) is 41.3 Å². The van der Waals surface area contributed by atoms with Crippen molar-refractivity contribution in [1.29, 1.82) is 0 Å². The number of fused-ring (bicyclic) bond motifs is 1. The molecule has 0 spiro atoms. The minimum absolute atomic E-state index is 0.0297. The minimum Gasteiger partial charge on any atom is -0.475 e. The van der Waals surface area contributed by atoms with Crippen LogP contribution >= 0.6 is 0 Å². The van der Waals surface area contributed by atoms with Crippen molar-refractivity contribution in [2.24, 2.45) is 0 Å². The van der Waals surface area contributed by atoms with Crippen molar-refractivity contribution in [2.75, 3.05) is 26.4 Å². The van der Waals surface area contributed by atoms with Crippen LogP contribution in [-0.4, -0.2) is 56.0 Å². The molecule has 1 amide bonds. The molecule has 0 aliphatic carbocycles. The maximum Gasteiger partial charge on any atom is 0.573 e. The molecule has 1 aromatic rings. The van der Waals surface area contributed by atoms with Crippen LogP contribution in [0.2, 0.25) is 0 Å². The second-order valence-electron chi connectivity index (χ2n) is 6.47. The lowest BCUT2D eigenvalue weighted by Crippen LogP contribution is -2.44. The van der Waals surface area contributed by atoms with Crippen LogP contribution < -0.4 is 14.8 Å². The fourth-order valence-electron chi connectivity index (χ4n) is 2.85. The van der Waals surface area contributed by atoms with Gasteiger partial charge >= 0.3 is 12.5 Å². The number of rotatable bonds is 10. The van der Waals surface area contributed by atoms with E-state index < -0.39 is 41.0 Å². The summed E-state index contributed by atoms with van der Waals surface area (Å²) in [4.78, 5) is 26.3. The molecule has 1 heterocycles. The molecule has 0 aromatic heterocycles.